The number of nitro benzene ring substituents is 1. The van der Waals surface area contributed by atoms with Crippen LogP contribution in [0.15, 0.2) is 41.4 Å². The molecule has 0 fully saturated rings. The SMILES string of the molecule is O=[N+]([O-])c1ccc(F)c(N=Cc2ccc(O)cc2O)c1. The Balaban J connectivity index is 2.35. The molecule has 0 atom stereocenters. The van der Waals surface area contributed by atoms with Crippen LogP contribution in [0.2, 0.25) is 0 Å². The molecule has 0 aromatic heterocycles. The number of hydrogen-bond acceptors (Lipinski definition) is 5. The van der Waals surface area contributed by atoms with E-state index in [-0.39, 0.29) is 28.4 Å². The van der Waals surface area contributed by atoms with Crippen LogP contribution in [0.5, 0.6) is 11.5 Å². The summed E-state index contributed by atoms with van der Waals surface area (Å²) < 4.78 is 13.5. The van der Waals surface area contributed by atoms with Crippen molar-refractivity contribution in [2.45, 2.75) is 0 Å². The molecule has 2 rings (SSSR count). The molecule has 0 heterocycles. The van der Waals surface area contributed by atoms with Gasteiger partial charge in [0.15, 0.2) is 0 Å². The summed E-state index contributed by atoms with van der Waals surface area (Å²) in [6.07, 6.45) is 1.15. The van der Waals surface area contributed by atoms with Gasteiger partial charge in [-0.2, -0.15) is 0 Å². The first-order valence-corrected chi connectivity index (χ1v) is 5.47. The molecule has 0 saturated heterocycles. The Morgan fingerprint density at radius 2 is 1.95 bits per heavy atom. The summed E-state index contributed by atoms with van der Waals surface area (Å²) in [5, 5.41) is 29.2. The van der Waals surface area contributed by atoms with E-state index in [2.05, 4.69) is 4.99 Å². The topological polar surface area (TPSA) is 96.0 Å². The first-order valence-electron chi connectivity index (χ1n) is 5.47. The fraction of sp³-hybridized carbons (Fsp3) is 0. The molecule has 2 N–H and O–H groups in total. The van der Waals surface area contributed by atoms with Crippen LogP contribution in [0, 0.1) is 15.9 Å². The molecular weight excluding hydrogens is 267 g/mol. The van der Waals surface area contributed by atoms with Gasteiger partial charge in [0.25, 0.3) is 5.69 Å². The van der Waals surface area contributed by atoms with E-state index >= 15 is 0 Å². The molecule has 20 heavy (non-hydrogen) atoms. The highest BCUT2D eigenvalue weighted by Crippen LogP contribution is 2.25. The lowest BCUT2D eigenvalue weighted by Crippen LogP contribution is -1.89. The number of nitrogens with zero attached hydrogens (tertiary/aromatic N) is 2. The molecule has 7 heteroatoms. The monoisotopic (exact) mass is 276 g/mol. The zero-order valence-electron chi connectivity index (χ0n) is 10.0. The van der Waals surface area contributed by atoms with Gasteiger partial charge in [-0.3, -0.25) is 15.1 Å². The number of halogens is 1. The molecule has 0 aliphatic rings. The van der Waals surface area contributed by atoms with E-state index in [0.29, 0.717) is 0 Å². The minimum Gasteiger partial charge on any atom is -0.508 e. The molecule has 2 aromatic rings. The predicted molar refractivity (Wildman–Crippen MR) is 70.1 cm³/mol. The van der Waals surface area contributed by atoms with Gasteiger partial charge in [-0.25, -0.2) is 4.39 Å². The summed E-state index contributed by atoms with van der Waals surface area (Å²) in [6.45, 7) is 0. The van der Waals surface area contributed by atoms with Gasteiger partial charge in [0, 0.05) is 30.0 Å². The second kappa shape index (κ2) is 5.35. The highest BCUT2D eigenvalue weighted by atomic mass is 19.1. The minimum absolute atomic E-state index is 0.124. The number of benzene rings is 2. The molecular formula is C13H9FN2O4. The number of non-ortho nitro benzene ring substituents is 1. The maximum Gasteiger partial charge on any atom is 0.271 e. The number of aliphatic imine (C=N–C) groups is 1. The summed E-state index contributed by atoms with van der Waals surface area (Å²) in [7, 11) is 0. The standard InChI is InChI=1S/C13H9FN2O4/c14-11-4-2-9(16(19)20)5-12(11)15-7-8-1-3-10(17)6-13(8)18/h1-7,17-18H. The molecule has 2 aromatic carbocycles. The minimum atomic E-state index is -0.717. The van der Waals surface area contributed by atoms with E-state index in [1.165, 1.54) is 12.1 Å². The molecule has 0 saturated carbocycles. The fourth-order valence-corrected chi connectivity index (χ4v) is 1.49. The molecule has 0 aliphatic carbocycles. The Kier molecular flexibility index (Phi) is 3.60. The average molecular weight is 276 g/mol. The van der Waals surface area contributed by atoms with Gasteiger partial charge < -0.3 is 10.2 Å². The summed E-state index contributed by atoms with van der Waals surface area (Å²) in [6, 6.07) is 6.77. The van der Waals surface area contributed by atoms with Crippen molar-refractivity contribution in [3.8, 4) is 11.5 Å². The zero-order chi connectivity index (χ0) is 14.7. The molecule has 0 spiro atoms. The Labute approximate surface area is 112 Å². The number of nitro groups is 1. The Morgan fingerprint density at radius 1 is 1.20 bits per heavy atom. The van der Waals surface area contributed by atoms with E-state index in [1.807, 2.05) is 0 Å². The van der Waals surface area contributed by atoms with Crippen molar-refractivity contribution in [3.05, 3.63) is 57.9 Å². The maximum atomic E-state index is 13.5. The van der Waals surface area contributed by atoms with E-state index in [1.54, 1.807) is 0 Å². The lowest BCUT2D eigenvalue weighted by Gasteiger charge is -2.00. The smallest absolute Gasteiger partial charge is 0.271 e. The second-order valence-electron chi connectivity index (χ2n) is 3.89. The van der Waals surface area contributed by atoms with Gasteiger partial charge >= 0.3 is 0 Å². The molecule has 6 nitrogen and oxygen atoms in total. The van der Waals surface area contributed by atoms with Crippen LogP contribution in [0.1, 0.15) is 5.56 Å². The third-order valence-corrected chi connectivity index (χ3v) is 2.50. The van der Waals surface area contributed by atoms with Gasteiger partial charge in [0.2, 0.25) is 0 Å². The molecule has 0 bridgehead atoms. The summed E-state index contributed by atoms with van der Waals surface area (Å²) >= 11 is 0. The molecule has 102 valence electrons. The lowest BCUT2D eigenvalue weighted by atomic mass is 10.2. The maximum absolute atomic E-state index is 13.5. The highest BCUT2D eigenvalue weighted by molar-refractivity contribution is 5.85. The predicted octanol–water partition coefficient (Wildman–Crippen LogP) is 2.90. The molecule has 0 radical (unpaired) electrons. The fourth-order valence-electron chi connectivity index (χ4n) is 1.49. The van der Waals surface area contributed by atoms with Crippen molar-refractivity contribution in [3.63, 3.8) is 0 Å². The summed E-state index contributed by atoms with van der Waals surface area (Å²) in [5.74, 6) is -1.08. The van der Waals surface area contributed by atoms with E-state index in [9.17, 15) is 19.6 Å². The van der Waals surface area contributed by atoms with E-state index < -0.39 is 10.7 Å². The average Bonchev–Trinajstić information content (AvgIpc) is 2.39. The van der Waals surface area contributed by atoms with Crippen LogP contribution < -0.4 is 0 Å². The number of aromatic hydroxyl groups is 2. The number of phenols is 2. The Hall–Kier alpha value is -2.96. The number of phenolic OH excluding ortho intramolecular Hbond substituents is 2. The normalized spacial score (nSPS) is 10.8. The Morgan fingerprint density at radius 3 is 2.60 bits per heavy atom. The lowest BCUT2D eigenvalue weighted by molar-refractivity contribution is -0.384. The first-order chi connectivity index (χ1) is 9.47. The summed E-state index contributed by atoms with van der Waals surface area (Å²) in [4.78, 5) is 13.7. The number of hydrogen-bond donors (Lipinski definition) is 2. The van der Waals surface area contributed by atoms with Crippen molar-refractivity contribution >= 4 is 17.6 Å². The quantitative estimate of drug-likeness (QED) is 0.511. The zero-order valence-corrected chi connectivity index (χ0v) is 10.0. The molecule has 0 unspecified atom stereocenters. The van der Waals surface area contributed by atoms with E-state index in [4.69, 9.17) is 5.11 Å². The third kappa shape index (κ3) is 2.89. The molecule has 0 amide bonds. The van der Waals surface area contributed by atoms with Crippen LogP contribution in [-0.4, -0.2) is 21.4 Å². The van der Waals surface area contributed by atoms with Crippen LogP contribution in [-0.2, 0) is 0 Å². The van der Waals surface area contributed by atoms with Gasteiger partial charge in [-0.15, -0.1) is 0 Å². The number of rotatable bonds is 3. The summed E-state index contributed by atoms with van der Waals surface area (Å²) in [5.41, 5.74) is -0.256. The van der Waals surface area contributed by atoms with Crippen molar-refractivity contribution < 1.29 is 19.5 Å². The van der Waals surface area contributed by atoms with Crippen LogP contribution in [0.25, 0.3) is 0 Å². The van der Waals surface area contributed by atoms with Crippen LogP contribution >= 0.6 is 0 Å². The van der Waals surface area contributed by atoms with Gasteiger partial charge in [-0.1, -0.05) is 0 Å². The third-order valence-electron chi connectivity index (χ3n) is 2.50. The largest absolute Gasteiger partial charge is 0.508 e. The first kappa shape index (κ1) is 13.5. The van der Waals surface area contributed by atoms with E-state index in [0.717, 1.165) is 30.5 Å². The van der Waals surface area contributed by atoms with Crippen molar-refractivity contribution in [2.75, 3.05) is 0 Å². The Bertz CT molecular complexity index is 701. The van der Waals surface area contributed by atoms with Crippen molar-refractivity contribution in [2.24, 2.45) is 4.99 Å². The van der Waals surface area contributed by atoms with Crippen molar-refractivity contribution in [1.82, 2.24) is 0 Å². The van der Waals surface area contributed by atoms with Gasteiger partial charge in [0.05, 0.1) is 4.92 Å². The van der Waals surface area contributed by atoms with Crippen LogP contribution in [0.4, 0.5) is 15.8 Å². The van der Waals surface area contributed by atoms with Crippen LogP contribution in [0.3, 0.4) is 0 Å². The second-order valence-corrected chi connectivity index (χ2v) is 3.89. The van der Waals surface area contributed by atoms with Crippen molar-refractivity contribution in [1.29, 1.82) is 0 Å². The van der Waals surface area contributed by atoms with Gasteiger partial charge in [-0.05, 0) is 18.2 Å². The molecule has 0 aliphatic heterocycles. The highest BCUT2D eigenvalue weighted by Gasteiger charge is 2.10. The van der Waals surface area contributed by atoms with Gasteiger partial charge in [0.1, 0.15) is 23.0 Å².